The van der Waals surface area contributed by atoms with Crippen molar-refractivity contribution in [2.24, 2.45) is 0 Å². The standard InChI is InChI=1S/C13H14ClN3O2/c1-15-10-11(13(19)12(10)18)16-6-8-3-2-4-9(5-8)7-17-14/h2-5,15-17H,6-7H2,1H3. The zero-order valence-corrected chi connectivity index (χ0v) is 11.2. The van der Waals surface area contributed by atoms with Gasteiger partial charge in [-0.3, -0.25) is 9.59 Å². The number of hydrogen-bond acceptors (Lipinski definition) is 5. The van der Waals surface area contributed by atoms with Gasteiger partial charge in [0.2, 0.25) is 0 Å². The summed E-state index contributed by atoms with van der Waals surface area (Å²) in [6.07, 6.45) is 0. The highest BCUT2D eigenvalue weighted by molar-refractivity contribution is 6.13. The third-order valence-electron chi connectivity index (χ3n) is 2.89. The summed E-state index contributed by atoms with van der Waals surface area (Å²) in [6, 6.07) is 7.79. The predicted molar refractivity (Wildman–Crippen MR) is 77.4 cm³/mol. The van der Waals surface area contributed by atoms with Crippen LogP contribution in [0.15, 0.2) is 33.9 Å². The van der Waals surface area contributed by atoms with Crippen LogP contribution in [0, 0.1) is 0 Å². The zero-order chi connectivity index (χ0) is 13.8. The summed E-state index contributed by atoms with van der Waals surface area (Å²) in [4.78, 5) is 25.2. The van der Waals surface area contributed by atoms with Crippen molar-refractivity contribution in [3.63, 3.8) is 0 Å². The van der Waals surface area contributed by atoms with E-state index in [4.69, 9.17) is 11.8 Å². The number of anilines is 2. The molecule has 0 aromatic heterocycles. The fourth-order valence-electron chi connectivity index (χ4n) is 1.92. The Labute approximate surface area is 115 Å². The Morgan fingerprint density at radius 3 is 2.32 bits per heavy atom. The summed E-state index contributed by atoms with van der Waals surface area (Å²) in [5.41, 5.74) is 1.83. The first-order valence-electron chi connectivity index (χ1n) is 5.83. The van der Waals surface area contributed by atoms with Gasteiger partial charge in [-0.05, 0) is 22.9 Å². The molecule has 0 saturated heterocycles. The zero-order valence-electron chi connectivity index (χ0n) is 10.4. The molecule has 2 aromatic rings. The minimum Gasteiger partial charge on any atom is -0.383 e. The molecule has 2 aromatic carbocycles. The first-order chi connectivity index (χ1) is 9.17. The lowest BCUT2D eigenvalue weighted by Gasteiger charge is -2.13. The van der Waals surface area contributed by atoms with E-state index >= 15 is 0 Å². The highest BCUT2D eigenvalue weighted by Gasteiger charge is 2.18. The topological polar surface area (TPSA) is 70.2 Å². The molecule has 2 rings (SSSR count). The molecule has 100 valence electrons. The van der Waals surface area contributed by atoms with Crippen LogP contribution in [0.2, 0.25) is 0 Å². The van der Waals surface area contributed by atoms with E-state index < -0.39 is 10.9 Å². The van der Waals surface area contributed by atoms with Gasteiger partial charge in [-0.15, -0.1) is 0 Å². The fourth-order valence-corrected chi connectivity index (χ4v) is 2.07. The molecule has 19 heavy (non-hydrogen) atoms. The van der Waals surface area contributed by atoms with Crippen molar-refractivity contribution in [2.75, 3.05) is 17.7 Å². The molecule has 0 amide bonds. The smallest absolute Gasteiger partial charge is 0.253 e. The number of halogens is 1. The van der Waals surface area contributed by atoms with Crippen LogP contribution in [0.1, 0.15) is 11.1 Å². The molecule has 0 radical (unpaired) electrons. The number of benzene rings is 1. The Balaban J connectivity index is 2.06. The maximum Gasteiger partial charge on any atom is 0.253 e. The number of hydrogen-bond donors (Lipinski definition) is 3. The van der Waals surface area contributed by atoms with Crippen molar-refractivity contribution >= 4 is 23.2 Å². The van der Waals surface area contributed by atoms with Crippen molar-refractivity contribution in [2.45, 2.75) is 13.1 Å². The molecule has 0 atom stereocenters. The van der Waals surface area contributed by atoms with Crippen LogP contribution in [0.25, 0.3) is 0 Å². The van der Waals surface area contributed by atoms with Crippen LogP contribution in [0.3, 0.4) is 0 Å². The van der Waals surface area contributed by atoms with Crippen molar-refractivity contribution in [1.29, 1.82) is 0 Å². The Kier molecular flexibility index (Phi) is 4.19. The molecule has 0 saturated carbocycles. The molecule has 0 spiro atoms. The van der Waals surface area contributed by atoms with Crippen molar-refractivity contribution in [1.82, 2.24) is 4.84 Å². The molecule has 3 N–H and O–H groups in total. The molecule has 0 aliphatic carbocycles. The molecule has 0 aliphatic heterocycles. The van der Waals surface area contributed by atoms with Crippen LogP contribution in [0.4, 0.5) is 11.4 Å². The summed E-state index contributed by atoms with van der Waals surface area (Å²) >= 11 is 5.46. The lowest BCUT2D eigenvalue weighted by atomic mass is 10.1. The van der Waals surface area contributed by atoms with Crippen molar-refractivity contribution in [3.8, 4) is 0 Å². The minimum atomic E-state index is -0.470. The number of rotatable bonds is 6. The van der Waals surface area contributed by atoms with Gasteiger partial charge in [0.1, 0.15) is 11.4 Å². The second-order valence-corrected chi connectivity index (χ2v) is 4.41. The molecular formula is C13H14ClN3O2. The highest BCUT2D eigenvalue weighted by Crippen LogP contribution is 2.15. The van der Waals surface area contributed by atoms with Gasteiger partial charge in [0.05, 0.1) is 0 Å². The predicted octanol–water partition coefficient (Wildman–Crippen LogP) is 1.18. The summed E-state index contributed by atoms with van der Waals surface area (Å²) in [5.74, 6) is 0. The molecule has 0 heterocycles. The summed E-state index contributed by atoms with van der Waals surface area (Å²) < 4.78 is 0. The molecule has 0 aliphatic rings. The average molecular weight is 280 g/mol. The van der Waals surface area contributed by atoms with Gasteiger partial charge >= 0.3 is 0 Å². The van der Waals surface area contributed by atoms with Gasteiger partial charge in [0.15, 0.2) is 0 Å². The van der Waals surface area contributed by atoms with Crippen molar-refractivity contribution < 1.29 is 0 Å². The van der Waals surface area contributed by atoms with E-state index in [2.05, 4.69) is 15.5 Å². The molecular weight excluding hydrogens is 266 g/mol. The Bertz CT molecular complexity index is 647. The molecule has 5 nitrogen and oxygen atoms in total. The monoisotopic (exact) mass is 279 g/mol. The third-order valence-corrected chi connectivity index (χ3v) is 3.03. The Morgan fingerprint density at radius 2 is 1.68 bits per heavy atom. The average Bonchev–Trinajstić information content (AvgIpc) is 2.43. The first kappa shape index (κ1) is 13.6. The second kappa shape index (κ2) is 5.86. The molecule has 0 bridgehead atoms. The van der Waals surface area contributed by atoms with E-state index in [0.717, 1.165) is 11.1 Å². The SMILES string of the molecule is CNc1c(NCc2cccc(CNCl)c2)c(=O)c1=O. The van der Waals surface area contributed by atoms with Crippen LogP contribution in [0.5, 0.6) is 0 Å². The van der Waals surface area contributed by atoms with Crippen LogP contribution in [-0.2, 0) is 13.1 Å². The Morgan fingerprint density at radius 1 is 1.05 bits per heavy atom. The molecule has 0 fully saturated rings. The summed E-state index contributed by atoms with van der Waals surface area (Å²) in [5, 5.41) is 5.70. The second-order valence-electron chi connectivity index (χ2n) is 4.14. The lowest BCUT2D eigenvalue weighted by molar-refractivity contribution is 0.956. The lowest BCUT2D eigenvalue weighted by Crippen LogP contribution is -2.36. The maximum absolute atomic E-state index is 11.4. The molecule has 6 heteroatoms. The van der Waals surface area contributed by atoms with Gasteiger partial charge in [-0.2, -0.15) is 0 Å². The molecule has 0 unspecified atom stereocenters. The van der Waals surface area contributed by atoms with Gasteiger partial charge < -0.3 is 10.6 Å². The minimum absolute atomic E-state index is 0.351. The van der Waals surface area contributed by atoms with Crippen molar-refractivity contribution in [3.05, 3.63) is 55.8 Å². The maximum atomic E-state index is 11.4. The van der Waals surface area contributed by atoms with Gasteiger partial charge in [0.25, 0.3) is 10.9 Å². The Hall–Kier alpha value is -1.85. The summed E-state index contributed by atoms with van der Waals surface area (Å²) in [7, 11) is 1.62. The first-order valence-corrected chi connectivity index (χ1v) is 6.21. The van der Waals surface area contributed by atoms with Gasteiger partial charge in [0, 0.05) is 20.1 Å². The quantitative estimate of drug-likeness (QED) is 0.547. The highest BCUT2D eigenvalue weighted by atomic mass is 35.5. The van der Waals surface area contributed by atoms with Crippen LogP contribution < -0.4 is 26.3 Å². The van der Waals surface area contributed by atoms with Gasteiger partial charge in [-0.1, -0.05) is 24.3 Å². The normalized spacial score (nSPS) is 10.6. The fraction of sp³-hybridized carbons (Fsp3) is 0.231. The van der Waals surface area contributed by atoms with E-state index in [-0.39, 0.29) is 0 Å². The van der Waals surface area contributed by atoms with E-state index in [0.29, 0.717) is 24.5 Å². The van der Waals surface area contributed by atoms with Crippen LogP contribution in [-0.4, -0.2) is 7.05 Å². The van der Waals surface area contributed by atoms with E-state index in [1.807, 2.05) is 24.3 Å². The van der Waals surface area contributed by atoms with E-state index in [9.17, 15) is 9.59 Å². The van der Waals surface area contributed by atoms with Crippen LogP contribution >= 0.6 is 11.8 Å². The third kappa shape index (κ3) is 2.77. The van der Waals surface area contributed by atoms with Gasteiger partial charge in [-0.25, -0.2) is 4.84 Å². The summed E-state index contributed by atoms with van der Waals surface area (Å²) in [6.45, 7) is 1.05. The van der Waals surface area contributed by atoms with E-state index in [1.165, 1.54) is 0 Å². The number of nitrogens with one attached hydrogen (secondary N) is 3. The van der Waals surface area contributed by atoms with E-state index in [1.54, 1.807) is 7.05 Å². The largest absolute Gasteiger partial charge is 0.383 e.